The summed E-state index contributed by atoms with van der Waals surface area (Å²) in [5, 5.41) is 10.3. The number of carbonyl (C=O) groups excluding carboxylic acids is 1. The Morgan fingerprint density at radius 1 is 1.42 bits per heavy atom. The van der Waals surface area contributed by atoms with Gasteiger partial charge in [0.1, 0.15) is 0 Å². The quantitative estimate of drug-likeness (QED) is 0.617. The maximum absolute atomic E-state index is 12.3. The molecule has 1 fully saturated rings. The van der Waals surface area contributed by atoms with Crippen LogP contribution in [0, 0.1) is 6.92 Å². The molecule has 1 aromatic carbocycles. The van der Waals surface area contributed by atoms with E-state index in [1.54, 1.807) is 6.20 Å². The van der Waals surface area contributed by atoms with E-state index in [0.717, 1.165) is 35.9 Å². The normalized spacial score (nSPS) is 17.3. The topological polar surface area (TPSA) is 64.3 Å². The molecule has 0 amide bonds. The number of hydrogen-bond donors (Lipinski definition) is 1. The number of benzene rings is 1. The fourth-order valence-electron chi connectivity index (χ4n) is 2.77. The molecule has 0 unspecified atom stereocenters. The van der Waals surface area contributed by atoms with Crippen LogP contribution in [0.4, 0.5) is 0 Å². The van der Waals surface area contributed by atoms with Gasteiger partial charge in [-0.1, -0.05) is 41.6 Å². The third kappa shape index (κ3) is 4.06. The Bertz CT molecular complexity index is 691. The van der Waals surface area contributed by atoms with E-state index < -0.39 is 0 Å². The van der Waals surface area contributed by atoms with Gasteiger partial charge in [-0.3, -0.25) is 4.79 Å². The molecule has 0 aliphatic carbocycles. The summed E-state index contributed by atoms with van der Waals surface area (Å²) in [5.41, 5.74) is 2.61. The standard InChI is InChI=1S/C18H22N2O3S/c1-13-4-6-14(7-5-13)17(22)12-24-18-19-9-15(11-21)20(18)10-16-3-2-8-23-16/h4-7,9,16,21H,2-3,8,10-12H2,1H3/t16-/m0/s1. The van der Waals surface area contributed by atoms with Crippen LogP contribution in [0.25, 0.3) is 0 Å². The second-order valence-corrected chi connectivity index (χ2v) is 6.96. The number of aliphatic hydroxyl groups excluding tert-OH is 1. The van der Waals surface area contributed by atoms with Crippen LogP contribution in [0.1, 0.15) is 34.5 Å². The second-order valence-electron chi connectivity index (χ2n) is 6.01. The fraction of sp³-hybridized carbons (Fsp3) is 0.444. The number of rotatable bonds is 7. The molecule has 1 atom stereocenters. The van der Waals surface area contributed by atoms with Gasteiger partial charge in [0.05, 0.1) is 36.9 Å². The van der Waals surface area contributed by atoms with Gasteiger partial charge in [0, 0.05) is 12.2 Å². The lowest BCUT2D eigenvalue weighted by molar-refractivity contribution is 0.0930. The molecule has 0 spiro atoms. The maximum atomic E-state index is 12.3. The highest BCUT2D eigenvalue weighted by atomic mass is 32.2. The highest BCUT2D eigenvalue weighted by molar-refractivity contribution is 7.99. The van der Waals surface area contributed by atoms with Crippen molar-refractivity contribution in [2.75, 3.05) is 12.4 Å². The van der Waals surface area contributed by atoms with Crippen LogP contribution >= 0.6 is 11.8 Å². The van der Waals surface area contributed by atoms with Crippen molar-refractivity contribution >= 4 is 17.5 Å². The van der Waals surface area contributed by atoms with Crippen LogP contribution in [0.2, 0.25) is 0 Å². The Hall–Kier alpha value is -1.63. The minimum Gasteiger partial charge on any atom is -0.390 e. The zero-order chi connectivity index (χ0) is 16.9. The van der Waals surface area contributed by atoms with Crippen molar-refractivity contribution in [1.29, 1.82) is 0 Å². The first-order valence-corrected chi connectivity index (χ1v) is 9.15. The second kappa shape index (κ2) is 7.96. The SMILES string of the molecule is Cc1ccc(C(=O)CSc2ncc(CO)n2C[C@@H]2CCCO2)cc1. The number of nitrogens with zero attached hydrogens (tertiary/aromatic N) is 2. The summed E-state index contributed by atoms with van der Waals surface area (Å²) in [6, 6.07) is 7.60. The van der Waals surface area contributed by atoms with Crippen molar-refractivity contribution < 1.29 is 14.6 Å². The van der Waals surface area contributed by atoms with Gasteiger partial charge in [-0.25, -0.2) is 4.98 Å². The first kappa shape index (κ1) is 17.2. The lowest BCUT2D eigenvalue weighted by atomic mass is 10.1. The molecule has 0 radical (unpaired) electrons. The Kier molecular flexibility index (Phi) is 5.71. The van der Waals surface area contributed by atoms with Crippen LogP contribution in [0.5, 0.6) is 0 Å². The van der Waals surface area contributed by atoms with E-state index in [0.29, 0.717) is 17.9 Å². The van der Waals surface area contributed by atoms with Gasteiger partial charge in [-0.15, -0.1) is 0 Å². The largest absolute Gasteiger partial charge is 0.390 e. The maximum Gasteiger partial charge on any atom is 0.173 e. The molecule has 2 aromatic rings. The fourth-order valence-corrected chi connectivity index (χ4v) is 3.68. The Balaban J connectivity index is 1.66. The van der Waals surface area contributed by atoms with E-state index in [9.17, 15) is 9.90 Å². The number of aliphatic hydroxyl groups is 1. The Morgan fingerprint density at radius 3 is 2.88 bits per heavy atom. The summed E-state index contributed by atoms with van der Waals surface area (Å²) < 4.78 is 7.66. The van der Waals surface area contributed by atoms with Crippen molar-refractivity contribution in [2.24, 2.45) is 0 Å². The molecule has 2 heterocycles. The summed E-state index contributed by atoms with van der Waals surface area (Å²) in [6.07, 6.45) is 3.93. The number of ether oxygens (including phenoxy) is 1. The van der Waals surface area contributed by atoms with Crippen LogP contribution in [0.3, 0.4) is 0 Å². The monoisotopic (exact) mass is 346 g/mol. The van der Waals surface area contributed by atoms with Crippen LogP contribution in [0.15, 0.2) is 35.6 Å². The molecule has 5 nitrogen and oxygen atoms in total. The van der Waals surface area contributed by atoms with Crippen molar-refractivity contribution in [3.8, 4) is 0 Å². The lowest BCUT2D eigenvalue weighted by Gasteiger charge is -2.15. The molecule has 3 rings (SSSR count). The number of imidazole rings is 1. The molecule has 1 aliphatic rings. The zero-order valence-electron chi connectivity index (χ0n) is 13.8. The van der Waals surface area contributed by atoms with Gasteiger partial charge in [0.2, 0.25) is 0 Å². The molecule has 128 valence electrons. The van der Waals surface area contributed by atoms with Gasteiger partial charge in [0.25, 0.3) is 0 Å². The third-order valence-electron chi connectivity index (χ3n) is 4.18. The minimum absolute atomic E-state index is 0.0633. The molecule has 1 saturated heterocycles. The molecule has 6 heteroatoms. The predicted molar refractivity (Wildman–Crippen MR) is 93.4 cm³/mol. The van der Waals surface area contributed by atoms with E-state index in [1.165, 1.54) is 11.8 Å². The summed E-state index contributed by atoms with van der Waals surface area (Å²) in [6.45, 7) is 3.41. The Morgan fingerprint density at radius 2 is 2.21 bits per heavy atom. The minimum atomic E-state index is -0.0633. The first-order chi connectivity index (χ1) is 11.7. The summed E-state index contributed by atoms with van der Waals surface area (Å²) in [4.78, 5) is 16.7. The van der Waals surface area contributed by atoms with E-state index in [4.69, 9.17) is 4.74 Å². The van der Waals surface area contributed by atoms with E-state index >= 15 is 0 Å². The van der Waals surface area contributed by atoms with Crippen LogP contribution in [-0.4, -0.2) is 38.9 Å². The molecular formula is C18H22N2O3S. The Labute approximate surface area is 146 Å². The van der Waals surface area contributed by atoms with Gasteiger partial charge in [-0.05, 0) is 19.8 Å². The number of carbonyl (C=O) groups is 1. The summed E-state index contributed by atoms with van der Waals surface area (Å²) in [7, 11) is 0. The number of hydrogen-bond acceptors (Lipinski definition) is 5. The summed E-state index contributed by atoms with van der Waals surface area (Å²) in [5.74, 6) is 0.411. The average Bonchev–Trinajstić information content (AvgIpc) is 3.23. The highest BCUT2D eigenvalue weighted by Gasteiger charge is 2.20. The first-order valence-electron chi connectivity index (χ1n) is 8.17. The van der Waals surface area contributed by atoms with E-state index in [-0.39, 0.29) is 18.5 Å². The smallest absolute Gasteiger partial charge is 0.173 e. The van der Waals surface area contributed by atoms with Gasteiger partial charge < -0.3 is 14.4 Å². The van der Waals surface area contributed by atoms with Gasteiger partial charge in [0.15, 0.2) is 10.9 Å². The predicted octanol–water partition coefficient (Wildman–Crippen LogP) is 2.84. The number of Topliss-reactive ketones (excluding diaryl/α,β-unsaturated/α-hetero) is 1. The third-order valence-corrected chi connectivity index (χ3v) is 5.17. The molecular weight excluding hydrogens is 324 g/mol. The lowest BCUT2D eigenvalue weighted by Crippen LogP contribution is -2.18. The molecule has 1 N–H and O–H groups in total. The highest BCUT2D eigenvalue weighted by Crippen LogP contribution is 2.23. The van der Waals surface area contributed by atoms with Crippen molar-refractivity contribution in [1.82, 2.24) is 9.55 Å². The average molecular weight is 346 g/mol. The van der Waals surface area contributed by atoms with Gasteiger partial charge in [-0.2, -0.15) is 0 Å². The number of thioether (sulfide) groups is 1. The van der Waals surface area contributed by atoms with Crippen molar-refractivity contribution in [3.63, 3.8) is 0 Å². The molecule has 0 saturated carbocycles. The van der Waals surface area contributed by atoms with E-state index in [2.05, 4.69) is 4.98 Å². The number of aryl methyl sites for hydroxylation is 1. The van der Waals surface area contributed by atoms with E-state index in [1.807, 2.05) is 35.8 Å². The van der Waals surface area contributed by atoms with Crippen LogP contribution in [-0.2, 0) is 17.9 Å². The van der Waals surface area contributed by atoms with Crippen LogP contribution < -0.4 is 0 Å². The molecule has 1 aromatic heterocycles. The molecule has 24 heavy (non-hydrogen) atoms. The number of ketones is 1. The van der Waals surface area contributed by atoms with Crippen molar-refractivity contribution in [2.45, 2.75) is 44.2 Å². The summed E-state index contributed by atoms with van der Waals surface area (Å²) >= 11 is 1.41. The van der Waals surface area contributed by atoms with Crippen molar-refractivity contribution in [3.05, 3.63) is 47.3 Å². The van der Waals surface area contributed by atoms with Gasteiger partial charge >= 0.3 is 0 Å². The zero-order valence-corrected chi connectivity index (χ0v) is 14.6. The molecule has 0 bridgehead atoms. The number of aromatic nitrogens is 2. The molecule has 1 aliphatic heterocycles.